The summed E-state index contributed by atoms with van der Waals surface area (Å²) in [4.78, 5) is 37.5. The number of nitrogens with zero attached hydrogens (tertiary/aromatic N) is 1. The number of guanidine groups is 1. The summed E-state index contributed by atoms with van der Waals surface area (Å²) in [5.41, 5.74) is 12.3. The molecule has 1 aliphatic heterocycles. The van der Waals surface area contributed by atoms with E-state index in [-0.39, 0.29) is 30.4 Å². The van der Waals surface area contributed by atoms with E-state index < -0.39 is 41.6 Å². The summed E-state index contributed by atoms with van der Waals surface area (Å²) >= 11 is 0. The number of aliphatic hydroxyl groups excluding tert-OH is 1. The number of nitrogens with one attached hydrogen (secondary N) is 3. The minimum Gasteiger partial charge on any atom is -0.504 e. The molecule has 2 amide bonds. The van der Waals surface area contributed by atoms with E-state index in [2.05, 4.69) is 10.6 Å². The first-order valence-electron chi connectivity index (χ1n) is 11.0. The molecular weight excluding hydrogens is 460 g/mol. The molecule has 3 atom stereocenters. The molecule has 1 aliphatic rings. The zero-order valence-electron chi connectivity index (χ0n) is 19.1. The van der Waals surface area contributed by atoms with E-state index in [1.807, 2.05) is 6.08 Å². The zero-order chi connectivity index (χ0) is 26.1. The number of rotatable bonds is 12. The molecule has 1 heterocycles. The molecule has 1 aromatic rings. The number of aromatic hydroxyl groups is 2. The van der Waals surface area contributed by atoms with Crippen molar-refractivity contribution in [3.05, 3.63) is 35.4 Å². The Morgan fingerprint density at radius 2 is 1.89 bits per heavy atom. The highest BCUT2D eigenvalue weighted by atomic mass is 16.4. The van der Waals surface area contributed by atoms with Crippen molar-refractivity contribution in [1.29, 1.82) is 5.41 Å². The average molecular weight is 493 g/mol. The second-order valence-electron chi connectivity index (χ2n) is 8.26. The maximum Gasteiger partial charge on any atom is 0.329 e. The van der Waals surface area contributed by atoms with Gasteiger partial charge in [0.25, 0.3) is 0 Å². The third-order valence-corrected chi connectivity index (χ3v) is 5.52. The molecular formula is C22H32N6O7. The van der Waals surface area contributed by atoms with Gasteiger partial charge in [0, 0.05) is 26.1 Å². The van der Waals surface area contributed by atoms with Gasteiger partial charge in [-0.15, -0.1) is 0 Å². The largest absolute Gasteiger partial charge is 0.504 e. The van der Waals surface area contributed by atoms with E-state index in [1.165, 1.54) is 6.07 Å². The Balaban J connectivity index is 1.70. The van der Waals surface area contributed by atoms with Gasteiger partial charge in [-0.1, -0.05) is 17.7 Å². The average Bonchev–Trinajstić information content (AvgIpc) is 3.27. The van der Waals surface area contributed by atoms with E-state index in [0.717, 1.165) is 17.7 Å². The number of benzene rings is 1. The molecule has 192 valence electrons. The number of carbonyl (C=O) groups is 3. The van der Waals surface area contributed by atoms with Crippen LogP contribution in [0.3, 0.4) is 0 Å². The monoisotopic (exact) mass is 492 g/mol. The van der Waals surface area contributed by atoms with E-state index in [0.29, 0.717) is 32.4 Å². The number of phenols is 2. The summed E-state index contributed by atoms with van der Waals surface area (Å²) in [6, 6.07) is 0.928. The third-order valence-electron chi connectivity index (χ3n) is 5.52. The Morgan fingerprint density at radius 1 is 1.17 bits per heavy atom. The second kappa shape index (κ2) is 12.6. The Bertz CT molecular complexity index is 983. The molecule has 0 bridgehead atoms. The molecule has 0 saturated carbocycles. The van der Waals surface area contributed by atoms with Gasteiger partial charge in [0.15, 0.2) is 23.5 Å². The first-order chi connectivity index (χ1) is 16.5. The molecule has 11 N–H and O–H groups in total. The van der Waals surface area contributed by atoms with Crippen LogP contribution in [0.4, 0.5) is 0 Å². The molecule has 0 aliphatic carbocycles. The van der Waals surface area contributed by atoms with E-state index >= 15 is 0 Å². The number of aliphatic hydroxyl groups is 1. The van der Waals surface area contributed by atoms with Gasteiger partial charge < -0.3 is 47.4 Å². The van der Waals surface area contributed by atoms with Crippen LogP contribution in [-0.4, -0.2) is 80.8 Å². The van der Waals surface area contributed by atoms with Gasteiger partial charge in [0.2, 0.25) is 11.8 Å². The highest BCUT2D eigenvalue weighted by Gasteiger charge is 2.30. The van der Waals surface area contributed by atoms with Gasteiger partial charge in [0.1, 0.15) is 6.10 Å². The van der Waals surface area contributed by atoms with E-state index in [4.69, 9.17) is 16.9 Å². The molecule has 35 heavy (non-hydrogen) atoms. The summed E-state index contributed by atoms with van der Waals surface area (Å²) in [6.07, 6.45) is 1.34. The molecule has 3 unspecified atom stereocenters. The van der Waals surface area contributed by atoms with Gasteiger partial charge in [-0.25, -0.2) is 4.79 Å². The highest BCUT2D eigenvalue weighted by Crippen LogP contribution is 2.29. The van der Waals surface area contributed by atoms with Gasteiger partial charge in [-0.3, -0.25) is 15.0 Å². The maximum absolute atomic E-state index is 12.2. The van der Waals surface area contributed by atoms with Crippen molar-refractivity contribution in [2.24, 2.45) is 11.5 Å². The number of carboxylic acid groups (broad SMARTS) is 1. The number of unbranched alkanes of at least 4 members (excludes halogenated alkanes) is 1. The standard InChI is InChI=1S/C22H32N6O7/c23-14(9-12-6-8-28(11-12)22(24)25)20(33)26-7-2-1-3-17(31)27-18(21(34)35)19(32)13-4-5-15(29)16(30)10-13/h4-6,10,14,18-19,29-30,32H,1-3,7-9,11,23H2,(H3,24,25)(H,26,33)(H,27,31)(H,34,35). The number of hydrogen-bond acceptors (Lipinski definition) is 8. The Kier molecular flexibility index (Phi) is 9.85. The molecule has 0 saturated heterocycles. The minimum absolute atomic E-state index is 0.00872. The fourth-order valence-electron chi connectivity index (χ4n) is 3.51. The topological polar surface area (TPSA) is 235 Å². The molecule has 0 spiro atoms. The summed E-state index contributed by atoms with van der Waals surface area (Å²) in [7, 11) is 0. The fourth-order valence-corrected chi connectivity index (χ4v) is 3.51. The van der Waals surface area contributed by atoms with Gasteiger partial charge in [0.05, 0.1) is 6.04 Å². The fraction of sp³-hybridized carbons (Fsp3) is 0.455. The maximum atomic E-state index is 12.2. The van der Waals surface area contributed by atoms with Crippen molar-refractivity contribution in [2.75, 3.05) is 19.6 Å². The Morgan fingerprint density at radius 3 is 2.49 bits per heavy atom. The lowest BCUT2D eigenvalue weighted by Crippen LogP contribution is -2.45. The molecule has 13 heteroatoms. The van der Waals surface area contributed by atoms with Gasteiger partial charge in [-0.05, 0) is 37.0 Å². The summed E-state index contributed by atoms with van der Waals surface area (Å²) in [6.45, 7) is 1.25. The highest BCUT2D eigenvalue weighted by molar-refractivity contribution is 5.84. The van der Waals surface area contributed by atoms with Gasteiger partial charge >= 0.3 is 5.97 Å². The summed E-state index contributed by atoms with van der Waals surface area (Å²) in [5.74, 6) is -3.42. The predicted molar refractivity (Wildman–Crippen MR) is 125 cm³/mol. The number of aliphatic carboxylic acids is 1. The van der Waals surface area contributed by atoms with E-state index in [1.54, 1.807) is 4.90 Å². The van der Waals surface area contributed by atoms with Crippen molar-refractivity contribution in [1.82, 2.24) is 15.5 Å². The molecule has 2 rings (SSSR count). The Hall–Kier alpha value is -3.84. The lowest BCUT2D eigenvalue weighted by atomic mass is 10.0. The lowest BCUT2D eigenvalue weighted by Gasteiger charge is -2.21. The van der Waals surface area contributed by atoms with Crippen LogP contribution in [0.5, 0.6) is 11.5 Å². The number of carboxylic acids is 1. The SMILES string of the molecule is N=C(N)N1CC=C(CC(N)C(=O)NCCCCC(=O)NC(C(=O)O)C(O)c2ccc(O)c(O)c2)C1. The number of phenolic OH excluding ortho intramolecular Hbond substituents is 2. The summed E-state index contributed by atoms with van der Waals surface area (Å²) < 4.78 is 0. The van der Waals surface area contributed by atoms with Crippen molar-refractivity contribution < 1.29 is 34.8 Å². The first kappa shape index (κ1) is 27.4. The quantitative estimate of drug-likeness (QED) is 0.0557. The predicted octanol–water partition coefficient (Wildman–Crippen LogP) is -1.16. The van der Waals surface area contributed by atoms with Crippen molar-refractivity contribution >= 4 is 23.7 Å². The van der Waals surface area contributed by atoms with Crippen LogP contribution in [0.25, 0.3) is 0 Å². The van der Waals surface area contributed by atoms with E-state index in [9.17, 15) is 34.8 Å². The van der Waals surface area contributed by atoms with Crippen LogP contribution in [-0.2, 0) is 14.4 Å². The Labute approximate surface area is 201 Å². The van der Waals surface area contributed by atoms with Crippen molar-refractivity contribution in [3.63, 3.8) is 0 Å². The van der Waals surface area contributed by atoms with Crippen LogP contribution in [0.15, 0.2) is 29.8 Å². The molecule has 1 aromatic carbocycles. The van der Waals surface area contributed by atoms with Crippen molar-refractivity contribution in [3.8, 4) is 11.5 Å². The second-order valence-corrected chi connectivity index (χ2v) is 8.26. The van der Waals surface area contributed by atoms with Crippen LogP contribution in [0.1, 0.15) is 37.4 Å². The molecule has 0 radical (unpaired) electrons. The van der Waals surface area contributed by atoms with Crippen LogP contribution < -0.4 is 22.1 Å². The third kappa shape index (κ3) is 8.15. The number of hydrogen-bond donors (Lipinski definition) is 9. The van der Waals surface area contributed by atoms with Crippen LogP contribution in [0.2, 0.25) is 0 Å². The molecule has 13 nitrogen and oxygen atoms in total. The number of amides is 2. The minimum atomic E-state index is -1.66. The van der Waals surface area contributed by atoms with Crippen molar-refractivity contribution in [2.45, 2.75) is 43.9 Å². The first-order valence-corrected chi connectivity index (χ1v) is 11.0. The lowest BCUT2D eigenvalue weighted by molar-refractivity contribution is -0.145. The number of carbonyl (C=O) groups excluding carboxylic acids is 2. The van der Waals surface area contributed by atoms with Gasteiger partial charge in [-0.2, -0.15) is 0 Å². The smallest absolute Gasteiger partial charge is 0.329 e. The summed E-state index contributed by atoms with van der Waals surface area (Å²) in [5, 5.41) is 50.9. The normalized spacial score (nSPS) is 15.6. The number of nitrogens with two attached hydrogens (primary N) is 2. The van der Waals surface area contributed by atoms with Crippen LogP contribution in [0, 0.1) is 5.41 Å². The molecule has 0 aromatic heterocycles. The zero-order valence-corrected chi connectivity index (χ0v) is 19.1. The van der Waals surface area contributed by atoms with Crippen LogP contribution >= 0.6 is 0 Å². The molecule has 0 fully saturated rings.